The molecule has 0 radical (unpaired) electrons. The number of anilines is 1. The van der Waals surface area contributed by atoms with Crippen molar-refractivity contribution in [2.75, 3.05) is 18.5 Å². The largest absolute Gasteiger partial charge is 0.493 e. The Balaban J connectivity index is 1.86. The lowest BCUT2D eigenvalue weighted by Gasteiger charge is -2.23. The van der Waals surface area contributed by atoms with E-state index in [1.54, 1.807) is 0 Å². The first kappa shape index (κ1) is 20.8. The summed E-state index contributed by atoms with van der Waals surface area (Å²) in [5, 5.41) is 2.84. The van der Waals surface area contributed by atoms with Crippen molar-refractivity contribution >= 4 is 11.6 Å². The van der Waals surface area contributed by atoms with E-state index in [0.717, 1.165) is 12.2 Å². The van der Waals surface area contributed by atoms with Crippen molar-refractivity contribution < 1.29 is 14.3 Å². The molecule has 2 rings (SSSR count). The minimum atomic E-state index is -0.200. The lowest BCUT2D eigenvalue weighted by atomic mass is 9.82. The van der Waals surface area contributed by atoms with E-state index < -0.39 is 0 Å². The van der Waals surface area contributed by atoms with Gasteiger partial charge in [0, 0.05) is 11.8 Å². The summed E-state index contributed by atoms with van der Waals surface area (Å²) in [5.74, 6) is 1.69. The maximum atomic E-state index is 12.2. The Labute approximate surface area is 162 Å². The Morgan fingerprint density at radius 2 is 1.74 bits per heavy atom. The van der Waals surface area contributed by atoms with Crippen LogP contribution >= 0.6 is 0 Å². The number of hydrogen-bond donors (Lipinski definition) is 1. The molecule has 146 valence electrons. The van der Waals surface area contributed by atoms with Gasteiger partial charge in [-0.1, -0.05) is 52.8 Å². The summed E-state index contributed by atoms with van der Waals surface area (Å²) >= 11 is 0. The molecule has 0 aliphatic heterocycles. The summed E-state index contributed by atoms with van der Waals surface area (Å²) in [6.07, 6.45) is 1.07. The fourth-order valence-corrected chi connectivity index (χ4v) is 2.48. The van der Waals surface area contributed by atoms with Crippen molar-refractivity contribution in [3.63, 3.8) is 0 Å². The molecule has 2 aromatic carbocycles. The normalized spacial score (nSPS) is 11.3. The zero-order valence-electron chi connectivity index (χ0n) is 17.0. The van der Waals surface area contributed by atoms with Gasteiger partial charge >= 0.3 is 0 Å². The second-order valence-electron chi connectivity index (χ2n) is 7.83. The predicted molar refractivity (Wildman–Crippen MR) is 111 cm³/mol. The highest BCUT2D eigenvalue weighted by Gasteiger charge is 2.17. The minimum absolute atomic E-state index is 0.0341. The summed E-state index contributed by atoms with van der Waals surface area (Å²) in [4.78, 5) is 12.2. The number of ether oxygens (including phenoxy) is 2. The molecule has 0 aromatic heterocycles. The van der Waals surface area contributed by atoms with Crippen LogP contribution < -0.4 is 14.8 Å². The molecule has 0 heterocycles. The van der Waals surface area contributed by atoms with E-state index in [4.69, 9.17) is 9.47 Å². The predicted octanol–water partition coefficient (Wildman–Crippen LogP) is 5.43. The molecule has 0 saturated carbocycles. The molecule has 0 spiro atoms. The summed E-state index contributed by atoms with van der Waals surface area (Å²) < 4.78 is 11.3. The monoisotopic (exact) mass is 369 g/mol. The Morgan fingerprint density at radius 3 is 2.37 bits per heavy atom. The van der Waals surface area contributed by atoms with Gasteiger partial charge in [0.1, 0.15) is 11.5 Å². The average molecular weight is 370 g/mol. The first-order chi connectivity index (χ1) is 12.8. The summed E-state index contributed by atoms with van der Waals surface area (Å²) in [6.45, 7) is 11.4. The highest BCUT2D eigenvalue weighted by molar-refractivity contribution is 5.92. The Bertz CT molecular complexity index is 736. The summed E-state index contributed by atoms with van der Waals surface area (Å²) in [7, 11) is 0. The van der Waals surface area contributed by atoms with Crippen molar-refractivity contribution in [1.82, 2.24) is 0 Å². The van der Waals surface area contributed by atoms with Crippen LogP contribution in [0.1, 0.15) is 46.6 Å². The van der Waals surface area contributed by atoms with Crippen molar-refractivity contribution in [1.29, 1.82) is 0 Å². The molecule has 1 amide bonds. The second kappa shape index (κ2) is 9.45. The Morgan fingerprint density at radius 1 is 1.04 bits per heavy atom. The van der Waals surface area contributed by atoms with Crippen LogP contribution in [-0.4, -0.2) is 19.1 Å². The van der Waals surface area contributed by atoms with Crippen LogP contribution in [0, 0.1) is 5.92 Å². The van der Waals surface area contributed by atoms with Gasteiger partial charge in [-0.2, -0.15) is 0 Å². The van der Waals surface area contributed by atoms with Crippen LogP contribution in [0.3, 0.4) is 0 Å². The third-order valence-electron chi connectivity index (χ3n) is 4.59. The van der Waals surface area contributed by atoms with Crippen molar-refractivity contribution in [2.45, 2.75) is 46.5 Å². The molecule has 0 fully saturated rings. The maximum absolute atomic E-state index is 12.2. The molecular formula is C23H31NO3. The van der Waals surface area contributed by atoms with E-state index in [0.29, 0.717) is 24.0 Å². The highest BCUT2D eigenvalue weighted by Crippen LogP contribution is 2.28. The Hall–Kier alpha value is -2.49. The third-order valence-corrected chi connectivity index (χ3v) is 4.59. The minimum Gasteiger partial charge on any atom is -0.493 e. The zero-order chi connectivity index (χ0) is 19.9. The molecule has 0 unspecified atom stereocenters. The molecule has 4 heteroatoms. The molecule has 0 bridgehead atoms. The molecular weight excluding hydrogens is 338 g/mol. The fraction of sp³-hybridized carbons (Fsp3) is 0.435. The highest BCUT2D eigenvalue weighted by atomic mass is 16.5. The van der Waals surface area contributed by atoms with Crippen molar-refractivity contribution in [3.8, 4) is 11.5 Å². The lowest BCUT2D eigenvalue weighted by Crippen LogP contribution is -2.20. The maximum Gasteiger partial charge on any atom is 0.262 e. The van der Waals surface area contributed by atoms with Crippen molar-refractivity contribution in [2.24, 2.45) is 5.92 Å². The number of carbonyl (C=O) groups excluding carboxylic acids is 1. The topological polar surface area (TPSA) is 47.6 Å². The molecule has 1 N–H and O–H groups in total. The SMILES string of the molecule is CCC(C)(C)c1ccc(OCC(=O)Nc2cccc(OCC(C)C)c2)cc1. The number of nitrogens with one attached hydrogen (secondary N) is 1. The van der Waals surface area contributed by atoms with Gasteiger partial charge in [0.2, 0.25) is 0 Å². The van der Waals surface area contributed by atoms with E-state index in [9.17, 15) is 4.79 Å². The fourth-order valence-electron chi connectivity index (χ4n) is 2.48. The van der Waals surface area contributed by atoms with Gasteiger partial charge in [0.15, 0.2) is 6.61 Å². The van der Waals surface area contributed by atoms with Gasteiger partial charge in [-0.3, -0.25) is 4.79 Å². The quantitative estimate of drug-likeness (QED) is 0.641. The third kappa shape index (κ3) is 6.63. The zero-order valence-corrected chi connectivity index (χ0v) is 17.0. The number of carbonyl (C=O) groups is 1. The van der Waals surface area contributed by atoms with E-state index >= 15 is 0 Å². The summed E-state index contributed by atoms with van der Waals surface area (Å²) in [5.41, 5.74) is 2.10. The van der Waals surface area contributed by atoms with Crippen LogP contribution in [0.25, 0.3) is 0 Å². The van der Waals surface area contributed by atoms with Crippen LogP contribution in [0.4, 0.5) is 5.69 Å². The molecule has 27 heavy (non-hydrogen) atoms. The summed E-state index contributed by atoms with van der Waals surface area (Å²) in [6, 6.07) is 15.4. The van der Waals surface area contributed by atoms with Gasteiger partial charge in [-0.25, -0.2) is 0 Å². The van der Waals surface area contributed by atoms with E-state index in [1.807, 2.05) is 36.4 Å². The first-order valence-electron chi connectivity index (χ1n) is 9.56. The molecule has 2 aromatic rings. The lowest BCUT2D eigenvalue weighted by molar-refractivity contribution is -0.118. The second-order valence-corrected chi connectivity index (χ2v) is 7.83. The van der Waals surface area contributed by atoms with Gasteiger partial charge in [0.25, 0.3) is 5.91 Å². The van der Waals surface area contributed by atoms with Crippen LogP contribution in [0.2, 0.25) is 0 Å². The number of rotatable bonds is 9. The first-order valence-corrected chi connectivity index (χ1v) is 9.56. The van der Waals surface area contributed by atoms with Gasteiger partial charge in [-0.15, -0.1) is 0 Å². The van der Waals surface area contributed by atoms with Gasteiger partial charge in [0.05, 0.1) is 6.61 Å². The van der Waals surface area contributed by atoms with E-state index in [1.165, 1.54) is 5.56 Å². The van der Waals surface area contributed by atoms with Gasteiger partial charge in [-0.05, 0) is 47.6 Å². The molecule has 0 atom stereocenters. The van der Waals surface area contributed by atoms with E-state index in [-0.39, 0.29) is 17.9 Å². The smallest absolute Gasteiger partial charge is 0.262 e. The number of hydrogen-bond acceptors (Lipinski definition) is 3. The molecule has 0 saturated heterocycles. The van der Waals surface area contributed by atoms with Crippen LogP contribution in [0.5, 0.6) is 11.5 Å². The average Bonchev–Trinajstić information content (AvgIpc) is 2.65. The standard InChI is InChI=1S/C23H31NO3/c1-6-23(4,5)18-10-12-20(13-11-18)27-16-22(25)24-19-8-7-9-21(14-19)26-15-17(2)3/h7-14,17H,6,15-16H2,1-5H3,(H,24,25). The molecule has 4 nitrogen and oxygen atoms in total. The van der Waals surface area contributed by atoms with Crippen LogP contribution in [-0.2, 0) is 10.2 Å². The Kier molecular flexibility index (Phi) is 7.28. The molecule has 0 aliphatic carbocycles. The van der Waals surface area contributed by atoms with E-state index in [2.05, 4.69) is 52.1 Å². The van der Waals surface area contributed by atoms with Gasteiger partial charge < -0.3 is 14.8 Å². The number of amides is 1. The van der Waals surface area contributed by atoms with Crippen LogP contribution in [0.15, 0.2) is 48.5 Å². The molecule has 0 aliphatic rings. The number of benzene rings is 2. The van der Waals surface area contributed by atoms with Crippen molar-refractivity contribution in [3.05, 3.63) is 54.1 Å².